The van der Waals surface area contributed by atoms with Crippen LogP contribution in [0.2, 0.25) is 0 Å². The van der Waals surface area contributed by atoms with Gasteiger partial charge in [-0.25, -0.2) is 0 Å². The second-order valence-electron chi connectivity index (χ2n) is 6.91. The first-order valence-corrected chi connectivity index (χ1v) is 10.2. The lowest BCUT2D eigenvalue weighted by Crippen LogP contribution is -2.31. The maximum absolute atomic E-state index is 12.5. The summed E-state index contributed by atoms with van der Waals surface area (Å²) >= 11 is 0. The summed E-state index contributed by atoms with van der Waals surface area (Å²) in [5.41, 5.74) is 0.762. The van der Waals surface area contributed by atoms with Crippen molar-refractivity contribution >= 4 is 12.0 Å². The van der Waals surface area contributed by atoms with E-state index in [2.05, 4.69) is 13.8 Å². The number of nitrogens with zero attached hydrogens (tertiary/aromatic N) is 1. The monoisotopic (exact) mass is 373 g/mol. The summed E-state index contributed by atoms with van der Waals surface area (Å²) in [6, 6.07) is 4.63. The van der Waals surface area contributed by atoms with Crippen LogP contribution < -0.4 is 0 Å². The third kappa shape index (κ3) is 9.88. The summed E-state index contributed by atoms with van der Waals surface area (Å²) in [6.45, 7) is 6.03. The molecule has 150 valence electrons. The van der Waals surface area contributed by atoms with Crippen molar-refractivity contribution in [1.29, 1.82) is 0 Å². The zero-order valence-corrected chi connectivity index (χ0v) is 16.9. The average Bonchev–Trinajstić information content (AvgIpc) is 2.66. The Hall–Kier alpha value is -2.23. The molecule has 1 aromatic carbocycles. The first-order chi connectivity index (χ1) is 13.1. The minimum Gasteiger partial charge on any atom is -0.504 e. The van der Waals surface area contributed by atoms with Crippen molar-refractivity contribution in [3.63, 3.8) is 0 Å². The molecule has 1 aromatic rings. The number of rotatable bonds is 13. The quantitative estimate of drug-likeness (QED) is 0.203. The summed E-state index contributed by atoms with van der Waals surface area (Å²) in [6.07, 6.45) is 16.2. The van der Waals surface area contributed by atoms with Crippen molar-refractivity contribution < 1.29 is 15.0 Å². The van der Waals surface area contributed by atoms with Crippen molar-refractivity contribution in [1.82, 2.24) is 4.90 Å². The van der Waals surface area contributed by atoms with Crippen LogP contribution in [0.4, 0.5) is 0 Å². The first-order valence-electron chi connectivity index (χ1n) is 10.2. The fourth-order valence-corrected chi connectivity index (χ4v) is 2.85. The molecule has 0 saturated heterocycles. The van der Waals surface area contributed by atoms with Crippen LogP contribution in [-0.2, 0) is 4.79 Å². The van der Waals surface area contributed by atoms with Crippen LogP contribution in [0.1, 0.15) is 70.8 Å². The van der Waals surface area contributed by atoms with E-state index in [0.29, 0.717) is 0 Å². The van der Waals surface area contributed by atoms with Gasteiger partial charge < -0.3 is 15.1 Å². The molecule has 4 nitrogen and oxygen atoms in total. The van der Waals surface area contributed by atoms with E-state index in [9.17, 15) is 15.0 Å². The molecular formula is C23H35NO3. The fraction of sp³-hybridized carbons (Fsp3) is 0.522. The lowest BCUT2D eigenvalue weighted by molar-refractivity contribution is -0.126. The number of carbonyl (C=O) groups excluding carboxylic acids is 1. The van der Waals surface area contributed by atoms with Crippen LogP contribution in [0.5, 0.6) is 11.5 Å². The molecule has 0 atom stereocenters. The number of phenols is 2. The van der Waals surface area contributed by atoms with E-state index in [4.69, 9.17) is 0 Å². The van der Waals surface area contributed by atoms with E-state index in [1.54, 1.807) is 30.4 Å². The van der Waals surface area contributed by atoms with Crippen LogP contribution in [0.15, 0.2) is 36.4 Å². The van der Waals surface area contributed by atoms with E-state index in [-0.39, 0.29) is 17.4 Å². The van der Waals surface area contributed by atoms with Crippen molar-refractivity contribution in [3.05, 3.63) is 42.0 Å². The van der Waals surface area contributed by atoms with Gasteiger partial charge in [0.1, 0.15) is 0 Å². The summed E-state index contributed by atoms with van der Waals surface area (Å²) in [7, 11) is 0. The van der Waals surface area contributed by atoms with Crippen molar-refractivity contribution in [2.75, 3.05) is 13.1 Å². The highest BCUT2D eigenvalue weighted by molar-refractivity contribution is 5.88. The summed E-state index contributed by atoms with van der Waals surface area (Å²) < 4.78 is 0. The number of amides is 1. The number of aromatic hydroxyl groups is 2. The van der Waals surface area contributed by atoms with E-state index in [0.717, 1.165) is 31.5 Å². The van der Waals surface area contributed by atoms with E-state index < -0.39 is 0 Å². The minimum atomic E-state index is -0.150. The predicted molar refractivity (Wildman–Crippen MR) is 113 cm³/mol. The Morgan fingerprint density at radius 3 is 2.07 bits per heavy atom. The van der Waals surface area contributed by atoms with Gasteiger partial charge >= 0.3 is 0 Å². The third-order valence-corrected chi connectivity index (χ3v) is 4.51. The first kappa shape index (κ1) is 22.8. The highest BCUT2D eigenvalue weighted by atomic mass is 16.3. The molecule has 0 radical (unpaired) electrons. The maximum Gasteiger partial charge on any atom is 0.246 e. The molecule has 0 aromatic heterocycles. The highest BCUT2D eigenvalue weighted by Crippen LogP contribution is 2.25. The molecule has 0 bridgehead atoms. The molecule has 2 N–H and O–H groups in total. The van der Waals surface area contributed by atoms with Gasteiger partial charge in [-0.15, -0.1) is 0 Å². The molecule has 0 spiro atoms. The van der Waals surface area contributed by atoms with Gasteiger partial charge in [-0.2, -0.15) is 0 Å². The molecule has 0 aliphatic heterocycles. The number of hydrogen-bond donors (Lipinski definition) is 2. The van der Waals surface area contributed by atoms with E-state index in [1.807, 2.05) is 4.90 Å². The van der Waals surface area contributed by atoms with E-state index in [1.165, 1.54) is 50.7 Å². The molecule has 0 unspecified atom stereocenters. The summed E-state index contributed by atoms with van der Waals surface area (Å²) in [5.74, 6) is -0.233. The zero-order chi connectivity index (χ0) is 19.9. The minimum absolute atomic E-state index is 0.0567. The SMILES string of the molecule is CCCCCCN(CCCCCC)C(=O)/C=C/C=C/c1ccc(O)c(O)c1. The van der Waals surface area contributed by atoms with E-state index >= 15 is 0 Å². The maximum atomic E-state index is 12.5. The number of phenolic OH excluding ortho intramolecular Hbond substituents is 2. The number of hydrogen-bond acceptors (Lipinski definition) is 3. The van der Waals surface area contributed by atoms with Gasteiger partial charge in [0.25, 0.3) is 0 Å². The molecule has 1 rings (SSSR count). The Balaban J connectivity index is 2.56. The van der Waals surface area contributed by atoms with Crippen LogP contribution >= 0.6 is 0 Å². The number of carbonyl (C=O) groups is 1. The van der Waals surface area contributed by atoms with Gasteiger partial charge in [0.05, 0.1) is 0 Å². The van der Waals surface area contributed by atoms with Gasteiger partial charge in [0.2, 0.25) is 5.91 Å². The Morgan fingerprint density at radius 1 is 0.889 bits per heavy atom. The molecule has 0 heterocycles. The summed E-state index contributed by atoms with van der Waals surface area (Å²) in [5, 5.41) is 18.8. The second kappa shape index (κ2) is 13.9. The number of allylic oxidation sites excluding steroid dienone is 2. The van der Waals surface area contributed by atoms with Gasteiger partial charge in [-0.05, 0) is 30.5 Å². The Labute approximate surface area is 164 Å². The van der Waals surface area contributed by atoms with Gasteiger partial charge in [-0.1, -0.05) is 76.7 Å². The second-order valence-corrected chi connectivity index (χ2v) is 6.91. The Bertz CT molecular complexity index is 596. The van der Waals surface area contributed by atoms with Crippen LogP contribution in [-0.4, -0.2) is 34.1 Å². The third-order valence-electron chi connectivity index (χ3n) is 4.51. The molecule has 0 fully saturated rings. The van der Waals surface area contributed by atoms with Crippen molar-refractivity contribution in [2.45, 2.75) is 65.2 Å². The van der Waals surface area contributed by atoms with Crippen LogP contribution in [0.25, 0.3) is 6.08 Å². The standard InChI is InChI=1S/C23H35NO3/c1-3-5-7-11-17-24(18-12-8-6-4-2)23(27)14-10-9-13-20-15-16-21(25)22(26)19-20/h9-10,13-16,19,25-26H,3-8,11-12,17-18H2,1-2H3/b13-9+,14-10+. The molecular weight excluding hydrogens is 338 g/mol. The topological polar surface area (TPSA) is 60.8 Å². The van der Waals surface area contributed by atoms with Crippen molar-refractivity contribution in [3.8, 4) is 11.5 Å². The van der Waals surface area contributed by atoms with Crippen molar-refractivity contribution in [2.24, 2.45) is 0 Å². The Kier molecular flexibility index (Phi) is 11.7. The lowest BCUT2D eigenvalue weighted by atomic mass is 10.1. The van der Waals surface area contributed by atoms with Gasteiger partial charge in [0.15, 0.2) is 11.5 Å². The largest absolute Gasteiger partial charge is 0.504 e. The molecule has 27 heavy (non-hydrogen) atoms. The molecule has 0 aliphatic rings. The van der Waals surface area contributed by atoms with Crippen LogP contribution in [0, 0.1) is 0 Å². The average molecular weight is 374 g/mol. The Morgan fingerprint density at radius 2 is 1.52 bits per heavy atom. The van der Waals surface area contributed by atoms with Crippen LogP contribution in [0.3, 0.4) is 0 Å². The highest BCUT2D eigenvalue weighted by Gasteiger charge is 2.09. The number of benzene rings is 1. The fourth-order valence-electron chi connectivity index (χ4n) is 2.85. The molecule has 0 aliphatic carbocycles. The smallest absolute Gasteiger partial charge is 0.246 e. The molecule has 4 heteroatoms. The normalized spacial score (nSPS) is 11.5. The van der Waals surface area contributed by atoms with Gasteiger partial charge in [-0.3, -0.25) is 4.79 Å². The molecule has 1 amide bonds. The predicted octanol–water partition coefficient (Wildman–Crippen LogP) is 5.66. The molecule has 0 saturated carbocycles. The lowest BCUT2D eigenvalue weighted by Gasteiger charge is -2.21. The summed E-state index contributed by atoms with van der Waals surface area (Å²) in [4.78, 5) is 14.5. The number of unbranched alkanes of at least 4 members (excludes halogenated alkanes) is 6. The zero-order valence-electron chi connectivity index (χ0n) is 16.9. The van der Waals surface area contributed by atoms with Gasteiger partial charge in [0, 0.05) is 19.2 Å².